The first-order chi connectivity index (χ1) is 39.7. The summed E-state index contributed by atoms with van der Waals surface area (Å²) in [5.74, 6) is -2.67. The molecule has 436 valence electrons. The number of hydrogen-bond donors (Lipinski definition) is 5. The van der Waals surface area contributed by atoms with Gasteiger partial charge in [-0.1, -0.05) is 89.5 Å². The maximum atomic E-state index is 13.0. The summed E-state index contributed by atoms with van der Waals surface area (Å²) in [7, 11) is 0. The van der Waals surface area contributed by atoms with E-state index >= 15 is 0 Å². The molecule has 0 radical (unpaired) electrons. The van der Waals surface area contributed by atoms with Crippen molar-refractivity contribution >= 4 is 101 Å². The number of benzene rings is 5. The Labute approximate surface area is 483 Å². The summed E-state index contributed by atoms with van der Waals surface area (Å²) < 4.78 is 8.57. The average molecular weight is 1170 g/mol. The van der Waals surface area contributed by atoms with Crippen LogP contribution in [0.3, 0.4) is 0 Å². The van der Waals surface area contributed by atoms with Gasteiger partial charge in [0.25, 0.3) is 28.1 Å². The first-order valence-electron chi connectivity index (χ1n) is 26.1. The number of rotatable bonds is 14. The number of pyridine rings is 3. The molecule has 9 N–H and O–H groups in total. The normalized spacial score (nSPS) is 12.5. The van der Waals surface area contributed by atoms with Gasteiger partial charge in [-0.3, -0.25) is 53.8 Å². The molecule has 5 aromatic carbocycles. The highest BCUT2D eigenvalue weighted by Gasteiger charge is 2.27. The molecule has 4 heterocycles. The van der Waals surface area contributed by atoms with Crippen molar-refractivity contribution in [3.63, 3.8) is 0 Å². The van der Waals surface area contributed by atoms with Gasteiger partial charge >= 0.3 is 5.63 Å². The maximum Gasteiger partial charge on any atom is 0.343 e. The van der Waals surface area contributed by atoms with Gasteiger partial charge < -0.3 is 46.4 Å². The van der Waals surface area contributed by atoms with Crippen LogP contribution in [0.2, 0.25) is 5.02 Å². The number of nitrogens with zero attached hydrogens (tertiary/aromatic N) is 5. The quantitative estimate of drug-likeness (QED) is 0.0386. The lowest BCUT2D eigenvalue weighted by Crippen LogP contribution is -2.36. The zero-order valence-electron chi connectivity index (χ0n) is 46.6. The number of primary amides is 3. The van der Waals surface area contributed by atoms with Crippen LogP contribution in [0.4, 0.5) is 22.7 Å². The van der Waals surface area contributed by atoms with E-state index in [4.69, 9.17) is 34.5 Å². The minimum Gasteiger partial charge on any atom is -0.431 e. The van der Waals surface area contributed by atoms with Crippen molar-refractivity contribution in [1.82, 2.24) is 13.7 Å². The fraction of sp³-hybridized carbons (Fsp3) is 0.233. The number of nitrogen functional groups attached to an aromatic ring is 1. The number of amides is 4. The van der Waals surface area contributed by atoms with Gasteiger partial charge in [0.15, 0.2) is 0 Å². The van der Waals surface area contributed by atoms with Gasteiger partial charge in [0.05, 0.1) is 43.6 Å². The van der Waals surface area contributed by atoms with Crippen LogP contribution in [0.25, 0.3) is 43.1 Å². The van der Waals surface area contributed by atoms with Crippen LogP contribution in [-0.4, -0.2) is 47.2 Å². The Morgan fingerprint density at radius 1 is 0.500 bits per heavy atom. The van der Waals surface area contributed by atoms with Crippen LogP contribution in [0.1, 0.15) is 78.1 Å². The molecular weight excluding hydrogens is 1100 g/mol. The van der Waals surface area contributed by atoms with Gasteiger partial charge in [-0.2, -0.15) is 0 Å². The molecule has 0 fully saturated rings. The number of nitrogens with two attached hydrogens (primary N) is 4. The molecule has 4 aromatic heterocycles. The smallest absolute Gasteiger partial charge is 0.343 e. The minimum atomic E-state index is -0.791. The van der Waals surface area contributed by atoms with Crippen molar-refractivity contribution < 1.29 is 33.4 Å². The lowest BCUT2D eigenvalue weighted by atomic mass is 10.00. The third-order valence-corrected chi connectivity index (χ3v) is 14.0. The lowest BCUT2D eigenvalue weighted by molar-refractivity contribution is -0.383. The van der Waals surface area contributed by atoms with E-state index in [0.717, 1.165) is 11.8 Å². The average Bonchev–Trinajstić information content (AvgIpc) is 1.85. The number of nitro benzene ring substituents is 2. The third-order valence-electron chi connectivity index (χ3n) is 13.7. The van der Waals surface area contributed by atoms with Crippen molar-refractivity contribution in [2.45, 2.75) is 72.5 Å². The summed E-state index contributed by atoms with van der Waals surface area (Å²) >= 11 is 5.92. The highest BCUT2D eigenvalue weighted by molar-refractivity contribution is 6.30. The number of anilines is 2. The number of carbonyl (C=O) groups excluding carboxylic acids is 4. The second-order valence-corrected chi connectivity index (χ2v) is 20.8. The van der Waals surface area contributed by atoms with Crippen molar-refractivity contribution in [1.29, 1.82) is 0 Å². The van der Waals surface area contributed by atoms with Crippen molar-refractivity contribution in [2.75, 3.05) is 11.1 Å². The Morgan fingerprint density at radius 3 is 1.32 bits per heavy atom. The minimum absolute atomic E-state index is 0.0614. The fourth-order valence-corrected chi connectivity index (χ4v) is 9.73. The molecule has 23 nitrogen and oxygen atoms in total. The van der Waals surface area contributed by atoms with Crippen LogP contribution < -0.4 is 50.6 Å². The van der Waals surface area contributed by atoms with E-state index in [1.54, 1.807) is 93.8 Å². The first kappa shape index (κ1) is 62.9. The fourth-order valence-electron chi connectivity index (χ4n) is 9.61. The standard InChI is InChI=1S/C23H24ClN3O3.C14H15N3O4.C14H17N3O2.C9H5NO4/c1-13(2)20(21(25)28)27-12-11-17-18(23(27)30)5-4-6-19(17)26-22(29)14(3)15-7-9-16(24)10-8-15;1-8(2)12(13(15)18)16-7-6-9-10(14(16)19)4-3-5-11(9)17(20)21;1-8(2)12(13(16)18)17-7-6-9-10(14(17)19)4-3-5-11(9)15;11-9-7-2-1-3-8(10(12)13)6(7)4-5-14-9/h4-14,20H,1-3H3,(H2,25,28)(H,26,29);3-8,12H,1-2H3,(H2,15,18);3-8,12H,15H2,1-2H3,(H2,16,18);1-5H/t14-,20-;2*12-;/m111./s1. The molecule has 0 aliphatic carbocycles. The van der Waals surface area contributed by atoms with Crippen LogP contribution in [0, 0.1) is 38.0 Å². The van der Waals surface area contributed by atoms with Gasteiger partial charge in [0, 0.05) is 68.7 Å². The number of aromatic nitrogens is 3. The van der Waals surface area contributed by atoms with Crippen LogP contribution in [0.5, 0.6) is 0 Å². The summed E-state index contributed by atoms with van der Waals surface area (Å²) in [5.41, 5.74) is 22.2. The third kappa shape index (κ3) is 13.9. The number of hydrogen-bond acceptors (Lipinski definition) is 14. The summed E-state index contributed by atoms with van der Waals surface area (Å²) in [6, 6.07) is 30.1. The predicted octanol–water partition coefficient (Wildman–Crippen LogP) is 8.64. The van der Waals surface area contributed by atoms with Crippen molar-refractivity contribution in [3.8, 4) is 0 Å². The number of nitrogens with one attached hydrogen (secondary N) is 1. The van der Waals surface area contributed by atoms with E-state index in [1.807, 2.05) is 39.8 Å². The first-order valence-corrected chi connectivity index (χ1v) is 26.5. The summed E-state index contributed by atoms with van der Waals surface area (Å²) in [4.78, 5) is 117. The zero-order valence-corrected chi connectivity index (χ0v) is 47.4. The van der Waals surface area contributed by atoms with Gasteiger partial charge in [-0.25, -0.2) is 4.79 Å². The number of halogens is 1. The van der Waals surface area contributed by atoms with Crippen LogP contribution in [-0.2, 0) is 19.2 Å². The monoisotopic (exact) mass is 1160 g/mol. The number of nitro groups is 2. The Morgan fingerprint density at radius 2 is 0.881 bits per heavy atom. The van der Waals surface area contributed by atoms with E-state index in [9.17, 15) is 58.6 Å². The molecule has 4 amide bonds. The van der Waals surface area contributed by atoms with E-state index in [1.165, 1.54) is 68.4 Å². The Balaban J connectivity index is 0.000000186. The van der Waals surface area contributed by atoms with Crippen LogP contribution in [0.15, 0.2) is 170 Å². The number of fused-ring (bicyclic) bond motifs is 4. The van der Waals surface area contributed by atoms with E-state index in [-0.39, 0.29) is 62.3 Å². The van der Waals surface area contributed by atoms with Gasteiger partial charge in [-0.15, -0.1) is 0 Å². The van der Waals surface area contributed by atoms with E-state index in [2.05, 4.69) is 9.73 Å². The number of carbonyl (C=O) groups is 4. The largest absolute Gasteiger partial charge is 0.431 e. The predicted molar refractivity (Wildman–Crippen MR) is 323 cm³/mol. The molecule has 0 saturated heterocycles. The molecule has 0 saturated carbocycles. The van der Waals surface area contributed by atoms with Crippen molar-refractivity contribution in [2.24, 2.45) is 35.0 Å². The maximum absolute atomic E-state index is 13.0. The molecule has 9 aromatic rings. The van der Waals surface area contributed by atoms with Crippen molar-refractivity contribution in [3.05, 3.63) is 218 Å². The molecule has 0 spiro atoms. The highest BCUT2D eigenvalue weighted by Crippen LogP contribution is 2.28. The molecule has 0 aliphatic heterocycles. The molecule has 4 atom stereocenters. The van der Waals surface area contributed by atoms with E-state index < -0.39 is 62.8 Å². The molecule has 0 unspecified atom stereocenters. The zero-order chi connectivity index (χ0) is 62.0. The SMILES string of the molecule is CC(C)[C@H](C(N)=O)n1ccc2c(N)cccc2c1=O.CC(C)[C@H](C(N)=O)n1ccc2c(NC(=O)[C@H](C)c3ccc(Cl)cc3)cccc2c1=O.CC(C)[C@H](C(N)=O)n1ccc2c([N+](=O)[O-])cccc2c1=O.O=c1occc2c([N+](=O)[O-])cccc12. The lowest BCUT2D eigenvalue weighted by Gasteiger charge is -2.21. The molecule has 24 heteroatoms. The Hall–Kier alpha value is -10.3. The molecule has 0 bridgehead atoms. The van der Waals surface area contributed by atoms with Crippen LogP contribution >= 0.6 is 11.6 Å². The second kappa shape index (κ2) is 27.0. The summed E-state index contributed by atoms with van der Waals surface area (Å²) in [6.07, 6.45) is 5.67. The van der Waals surface area contributed by atoms with Gasteiger partial charge in [-0.05, 0) is 103 Å². The topological polar surface area (TPSA) is 367 Å². The Bertz CT molecular complexity index is 4250. The highest BCUT2D eigenvalue weighted by atomic mass is 35.5. The van der Waals surface area contributed by atoms with Gasteiger partial charge in [0.2, 0.25) is 23.6 Å². The number of non-ortho nitro benzene ring substituents is 2. The molecular formula is C60H61ClN10O13. The molecule has 0 aliphatic rings. The van der Waals surface area contributed by atoms with E-state index in [0.29, 0.717) is 43.3 Å². The summed E-state index contributed by atoms with van der Waals surface area (Å²) in [6.45, 7) is 12.7. The van der Waals surface area contributed by atoms with Gasteiger partial charge in [0.1, 0.15) is 18.1 Å². The molecule has 84 heavy (non-hydrogen) atoms. The second-order valence-electron chi connectivity index (χ2n) is 20.4. The molecule has 9 rings (SSSR count). The Kier molecular flexibility index (Phi) is 20.2. The summed E-state index contributed by atoms with van der Waals surface area (Å²) in [5, 5.41) is 28.2.